The highest BCUT2D eigenvalue weighted by molar-refractivity contribution is 5.79. The molecule has 0 fully saturated rings. The molecule has 114 valence electrons. The number of nitrogens with zero attached hydrogens (tertiary/aromatic N) is 1. The standard InChI is InChI=1S/C17H18N2O3/c1-20-15-5-2-13(3-6-15)12-21-8-9-22-16-7-4-14-11-18-19-17(14)10-16/h2-7,10-11H,8-9,12H2,1H3,(H,18,19). The van der Waals surface area contributed by atoms with Crippen molar-refractivity contribution in [2.45, 2.75) is 6.61 Å². The summed E-state index contributed by atoms with van der Waals surface area (Å²) in [5.41, 5.74) is 2.08. The number of methoxy groups -OCH3 is 1. The van der Waals surface area contributed by atoms with Crippen molar-refractivity contribution < 1.29 is 14.2 Å². The summed E-state index contributed by atoms with van der Waals surface area (Å²) in [6.07, 6.45) is 1.79. The summed E-state index contributed by atoms with van der Waals surface area (Å²) in [6.45, 7) is 1.61. The van der Waals surface area contributed by atoms with Crippen molar-refractivity contribution >= 4 is 10.9 Å². The van der Waals surface area contributed by atoms with Gasteiger partial charge in [-0.2, -0.15) is 5.10 Å². The number of H-pyrrole nitrogens is 1. The largest absolute Gasteiger partial charge is 0.497 e. The molecule has 1 N–H and O–H groups in total. The van der Waals surface area contributed by atoms with Gasteiger partial charge in [-0.05, 0) is 29.8 Å². The highest BCUT2D eigenvalue weighted by Crippen LogP contribution is 2.18. The zero-order valence-electron chi connectivity index (χ0n) is 12.4. The molecule has 0 spiro atoms. The number of benzene rings is 2. The molecule has 22 heavy (non-hydrogen) atoms. The summed E-state index contributed by atoms with van der Waals surface area (Å²) < 4.78 is 16.4. The van der Waals surface area contributed by atoms with Crippen molar-refractivity contribution in [1.29, 1.82) is 0 Å². The van der Waals surface area contributed by atoms with Gasteiger partial charge in [0.15, 0.2) is 0 Å². The fourth-order valence-electron chi connectivity index (χ4n) is 2.14. The van der Waals surface area contributed by atoms with Crippen LogP contribution in [0.3, 0.4) is 0 Å². The van der Waals surface area contributed by atoms with E-state index >= 15 is 0 Å². The van der Waals surface area contributed by atoms with Crippen molar-refractivity contribution in [2.24, 2.45) is 0 Å². The molecule has 0 radical (unpaired) electrons. The smallest absolute Gasteiger partial charge is 0.121 e. The minimum Gasteiger partial charge on any atom is -0.497 e. The van der Waals surface area contributed by atoms with Crippen LogP contribution in [0.5, 0.6) is 11.5 Å². The van der Waals surface area contributed by atoms with E-state index in [2.05, 4.69) is 10.2 Å². The molecule has 0 aliphatic carbocycles. The second-order valence-corrected chi connectivity index (χ2v) is 4.87. The fourth-order valence-corrected chi connectivity index (χ4v) is 2.14. The normalized spacial score (nSPS) is 10.8. The first-order valence-corrected chi connectivity index (χ1v) is 7.12. The molecule has 0 unspecified atom stereocenters. The number of nitrogens with one attached hydrogen (secondary N) is 1. The Morgan fingerprint density at radius 1 is 1.00 bits per heavy atom. The summed E-state index contributed by atoms with van der Waals surface area (Å²) in [5, 5.41) is 7.98. The van der Waals surface area contributed by atoms with Gasteiger partial charge in [0.05, 0.1) is 32.0 Å². The van der Waals surface area contributed by atoms with Gasteiger partial charge < -0.3 is 14.2 Å². The highest BCUT2D eigenvalue weighted by Gasteiger charge is 1.99. The van der Waals surface area contributed by atoms with E-state index in [1.807, 2.05) is 42.5 Å². The average molecular weight is 298 g/mol. The molecule has 0 aliphatic rings. The van der Waals surface area contributed by atoms with Crippen LogP contribution in [0.2, 0.25) is 0 Å². The van der Waals surface area contributed by atoms with Crippen LogP contribution in [0.1, 0.15) is 5.56 Å². The maximum atomic E-state index is 5.67. The van der Waals surface area contributed by atoms with Crippen LogP contribution in [0.4, 0.5) is 0 Å². The van der Waals surface area contributed by atoms with Crippen LogP contribution in [-0.4, -0.2) is 30.5 Å². The van der Waals surface area contributed by atoms with Crippen molar-refractivity contribution in [1.82, 2.24) is 10.2 Å². The third kappa shape index (κ3) is 3.56. The molecule has 2 aromatic carbocycles. The molecule has 0 aliphatic heterocycles. The van der Waals surface area contributed by atoms with Gasteiger partial charge in [0.25, 0.3) is 0 Å². The molecule has 5 nitrogen and oxygen atoms in total. The molecule has 0 saturated heterocycles. The lowest BCUT2D eigenvalue weighted by Crippen LogP contribution is -2.06. The van der Waals surface area contributed by atoms with Gasteiger partial charge in [-0.25, -0.2) is 0 Å². The van der Waals surface area contributed by atoms with Crippen LogP contribution in [-0.2, 0) is 11.3 Å². The van der Waals surface area contributed by atoms with Crippen LogP contribution in [0.25, 0.3) is 10.9 Å². The van der Waals surface area contributed by atoms with Gasteiger partial charge in [0.2, 0.25) is 0 Å². The summed E-state index contributed by atoms with van der Waals surface area (Å²) in [4.78, 5) is 0. The predicted molar refractivity (Wildman–Crippen MR) is 84.2 cm³/mol. The number of hydrogen-bond acceptors (Lipinski definition) is 4. The second-order valence-electron chi connectivity index (χ2n) is 4.87. The SMILES string of the molecule is COc1ccc(COCCOc2ccc3cn[nH]c3c2)cc1. The summed E-state index contributed by atoms with van der Waals surface area (Å²) in [7, 11) is 1.66. The molecular formula is C17H18N2O3. The minimum atomic E-state index is 0.510. The maximum Gasteiger partial charge on any atom is 0.121 e. The van der Waals surface area contributed by atoms with E-state index in [4.69, 9.17) is 14.2 Å². The lowest BCUT2D eigenvalue weighted by atomic mass is 10.2. The number of aromatic amines is 1. The molecular weight excluding hydrogens is 280 g/mol. The van der Waals surface area contributed by atoms with Gasteiger partial charge in [0, 0.05) is 11.5 Å². The zero-order chi connectivity index (χ0) is 15.2. The molecule has 0 atom stereocenters. The second kappa shape index (κ2) is 6.95. The highest BCUT2D eigenvalue weighted by atomic mass is 16.5. The van der Waals surface area contributed by atoms with Crippen LogP contribution >= 0.6 is 0 Å². The molecule has 3 rings (SSSR count). The Kier molecular flexibility index (Phi) is 4.56. The van der Waals surface area contributed by atoms with Gasteiger partial charge in [-0.1, -0.05) is 12.1 Å². The predicted octanol–water partition coefficient (Wildman–Crippen LogP) is 3.17. The van der Waals surface area contributed by atoms with Crippen LogP contribution in [0.15, 0.2) is 48.7 Å². The topological polar surface area (TPSA) is 56.4 Å². The molecule has 1 aromatic heterocycles. The van der Waals surface area contributed by atoms with E-state index in [1.165, 1.54) is 0 Å². The van der Waals surface area contributed by atoms with Gasteiger partial charge in [-0.15, -0.1) is 0 Å². The monoisotopic (exact) mass is 298 g/mol. The van der Waals surface area contributed by atoms with Crippen molar-refractivity contribution in [3.63, 3.8) is 0 Å². The first kappa shape index (κ1) is 14.4. The number of hydrogen-bond donors (Lipinski definition) is 1. The minimum absolute atomic E-state index is 0.510. The summed E-state index contributed by atoms with van der Waals surface area (Å²) in [5.74, 6) is 1.66. The fraction of sp³-hybridized carbons (Fsp3) is 0.235. The van der Waals surface area contributed by atoms with E-state index in [-0.39, 0.29) is 0 Å². The number of ether oxygens (including phenoxy) is 3. The van der Waals surface area contributed by atoms with Gasteiger partial charge >= 0.3 is 0 Å². The number of rotatable bonds is 7. The Bertz CT molecular complexity index is 722. The average Bonchev–Trinajstić information content (AvgIpc) is 3.03. The lowest BCUT2D eigenvalue weighted by molar-refractivity contribution is 0.0889. The Morgan fingerprint density at radius 3 is 2.64 bits per heavy atom. The molecule has 3 aromatic rings. The van der Waals surface area contributed by atoms with Gasteiger partial charge in [-0.3, -0.25) is 5.10 Å². The van der Waals surface area contributed by atoms with E-state index < -0.39 is 0 Å². The third-order valence-corrected chi connectivity index (χ3v) is 3.34. The van der Waals surface area contributed by atoms with E-state index in [9.17, 15) is 0 Å². The summed E-state index contributed by atoms with van der Waals surface area (Å²) >= 11 is 0. The molecule has 5 heteroatoms. The maximum absolute atomic E-state index is 5.67. The van der Waals surface area contributed by atoms with Crippen molar-refractivity contribution in [2.75, 3.05) is 20.3 Å². The van der Waals surface area contributed by atoms with Crippen LogP contribution < -0.4 is 9.47 Å². The zero-order valence-corrected chi connectivity index (χ0v) is 12.4. The molecule has 0 amide bonds. The number of fused-ring (bicyclic) bond motifs is 1. The third-order valence-electron chi connectivity index (χ3n) is 3.34. The van der Waals surface area contributed by atoms with Crippen molar-refractivity contribution in [3.8, 4) is 11.5 Å². The Hall–Kier alpha value is -2.53. The first-order chi connectivity index (χ1) is 10.8. The van der Waals surface area contributed by atoms with Crippen LogP contribution in [0, 0.1) is 0 Å². The lowest BCUT2D eigenvalue weighted by Gasteiger charge is -2.08. The van der Waals surface area contributed by atoms with E-state index in [0.29, 0.717) is 19.8 Å². The Morgan fingerprint density at radius 2 is 1.82 bits per heavy atom. The molecule has 0 saturated carbocycles. The quantitative estimate of drug-likeness (QED) is 0.681. The number of aromatic nitrogens is 2. The summed E-state index contributed by atoms with van der Waals surface area (Å²) in [6, 6.07) is 13.7. The molecule has 0 bridgehead atoms. The molecule has 1 heterocycles. The van der Waals surface area contributed by atoms with Gasteiger partial charge in [0.1, 0.15) is 18.1 Å². The van der Waals surface area contributed by atoms with Crippen molar-refractivity contribution in [3.05, 3.63) is 54.2 Å². The Balaban J connectivity index is 1.41. The van der Waals surface area contributed by atoms with E-state index in [1.54, 1.807) is 13.3 Å². The Labute approximate surface area is 128 Å². The first-order valence-electron chi connectivity index (χ1n) is 7.12. The van der Waals surface area contributed by atoms with E-state index in [0.717, 1.165) is 28.0 Å².